The van der Waals surface area contributed by atoms with Gasteiger partial charge in [-0.15, -0.1) is 12.4 Å². The Morgan fingerprint density at radius 2 is 2.14 bits per heavy atom. The largest absolute Gasteiger partial charge is 0.496 e. The summed E-state index contributed by atoms with van der Waals surface area (Å²) in [5.74, 6) is 5.22. The van der Waals surface area contributed by atoms with Crippen LogP contribution in [0.3, 0.4) is 0 Å². The van der Waals surface area contributed by atoms with E-state index in [1.165, 1.54) is 25.3 Å². The third-order valence-electron chi connectivity index (χ3n) is 1.49. The number of halogens is 1. The van der Waals surface area contributed by atoms with Crippen molar-refractivity contribution in [2.75, 3.05) is 7.11 Å². The fraction of sp³-hybridized carbons (Fsp3) is 0.143. The van der Waals surface area contributed by atoms with Crippen LogP contribution in [0.2, 0.25) is 0 Å². The van der Waals surface area contributed by atoms with Gasteiger partial charge in [-0.25, -0.2) is 0 Å². The maximum Gasteiger partial charge on any atom is 0.317 e. The van der Waals surface area contributed by atoms with E-state index in [9.17, 15) is 10.1 Å². The fourth-order valence-corrected chi connectivity index (χ4v) is 0.866. The number of ether oxygens (including phenoxy) is 1. The topological polar surface area (TPSA) is 87.6 Å². The van der Waals surface area contributed by atoms with E-state index in [-0.39, 0.29) is 23.8 Å². The molecule has 0 amide bonds. The average molecular weight is 221 g/mol. The zero-order valence-corrected chi connectivity index (χ0v) is 8.11. The molecule has 0 aliphatic heterocycles. The molecule has 0 saturated carbocycles. The van der Waals surface area contributed by atoms with Crippen LogP contribution in [0.15, 0.2) is 18.2 Å². The highest BCUT2D eigenvalue weighted by Crippen LogP contribution is 2.29. The zero-order valence-electron chi connectivity index (χ0n) is 7.30. The standard InChI is InChI=1S/C7H8N2O4.ClH/c1-12-5-2-3-7(13-8)6(4-5)9(10)11;/h2-4H,8H2,1H3;1H. The summed E-state index contributed by atoms with van der Waals surface area (Å²) in [5, 5.41) is 10.5. The fourth-order valence-electron chi connectivity index (χ4n) is 0.866. The predicted molar refractivity (Wildman–Crippen MR) is 51.7 cm³/mol. The van der Waals surface area contributed by atoms with Crippen LogP contribution in [0.4, 0.5) is 5.69 Å². The van der Waals surface area contributed by atoms with E-state index in [0.29, 0.717) is 5.75 Å². The van der Waals surface area contributed by atoms with Crippen LogP contribution < -0.4 is 15.5 Å². The Balaban J connectivity index is 0.00000169. The van der Waals surface area contributed by atoms with Crippen molar-refractivity contribution >= 4 is 18.1 Å². The number of hydrogen-bond acceptors (Lipinski definition) is 5. The molecular formula is C7H9ClN2O4. The highest BCUT2D eigenvalue weighted by atomic mass is 35.5. The molecule has 0 heterocycles. The molecule has 0 aliphatic rings. The lowest BCUT2D eigenvalue weighted by atomic mass is 10.3. The second kappa shape index (κ2) is 5.25. The first-order valence-corrected chi connectivity index (χ1v) is 3.38. The van der Waals surface area contributed by atoms with E-state index < -0.39 is 4.92 Å². The molecule has 0 aliphatic carbocycles. The van der Waals surface area contributed by atoms with E-state index in [2.05, 4.69) is 4.84 Å². The number of nitrogens with zero attached hydrogens (tertiary/aromatic N) is 1. The van der Waals surface area contributed by atoms with Gasteiger partial charge in [0.1, 0.15) is 5.75 Å². The van der Waals surface area contributed by atoms with Gasteiger partial charge in [0.05, 0.1) is 18.1 Å². The minimum absolute atomic E-state index is 0. The molecule has 1 rings (SSSR count). The number of methoxy groups -OCH3 is 1. The Labute approximate surface area is 86.1 Å². The van der Waals surface area contributed by atoms with E-state index in [0.717, 1.165) is 0 Å². The third kappa shape index (κ3) is 2.48. The van der Waals surface area contributed by atoms with Crippen molar-refractivity contribution in [1.82, 2.24) is 0 Å². The second-order valence-corrected chi connectivity index (χ2v) is 2.21. The monoisotopic (exact) mass is 220 g/mol. The van der Waals surface area contributed by atoms with Gasteiger partial charge in [0.2, 0.25) is 5.75 Å². The van der Waals surface area contributed by atoms with Crippen molar-refractivity contribution in [3.05, 3.63) is 28.3 Å². The smallest absolute Gasteiger partial charge is 0.317 e. The number of nitro groups is 1. The van der Waals surface area contributed by atoms with Gasteiger partial charge in [-0.1, -0.05) is 0 Å². The van der Waals surface area contributed by atoms with E-state index in [1.807, 2.05) is 0 Å². The van der Waals surface area contributed by atoms with Gasteiger partial charge in [0, 0.05) is 0 Å². The molecular weight excluding hydrogens is 212 g/mol. The normalized spacial score (nSPS) is 8.71. The first-order chi connectivity index (χ1) is 6.19. The van der Waals surface area contributed by atoms with Gasteiger partial charge in [-0.05, 0) is 12.1 Å². The molecule has 1 aromatic carbocycles. The highest BCUT2D eigenvalue weighted by molar-refractivity contribution is 5.85. The molecule has 7 heteroatoms. The Bertz CT molecular complexity index is 331. The van der Waals surface area contributed by atoms with Crippen molar-refractivity contribution in [2.45, 2.75) is 0 Å². The lowest BCUT2D eigenvalue weighted by Crippen LogP contribution is -2.04. The number of benzene rings is 1. The van der Waals surface area contributed by atoms with E-state index >= 15 is 0 Å². The van der Waals surface area contributed by atoms with Gasteiger partial charge in [-0.3, -0.25) is 10.1 Å². The van der Waals surface area contributed by atoms with Crippen LogP contribution in [0.25, 0.3) is 0 Å². The Morgan fingerprint density at radius 1 is 1.50 bits per heavy atom. The average Bonchev–Trinajstić information content (AvgIpc) is 2.16. The number of rotatable bonds is 3. The van der Waals surface area contributed by atoms with Crippen LogP contribution in [0.1, 0.15) is 0 Å². The SMILES string of the molecule is COc1ccc(ON)c([N+](=O)[O-])c1.Cl. The van der Waals surface area contributed by atoms with Gasteiger partial charge in [0.25, 0.3) is 0 Å². The maximum atomic E-state index is 10.5. The minimum Gasteiger partial charge on any atom is -0.496 e. The molecule has 1 aromatic rings. The summed E-state index contributed by atoms with van der Waals surface area (Å²) in [6, 6.07) is 4.13. The zero-order chi connectivity index (χ0) is 9.84. The van der Waals surface area contributed by atoms with Crippen molar-refractivity contribution in [2.24, 2.45) is 5.90 Å². The van der Waals surface area contributed by atoms with Crippen molar-refractivity contribution in [3.63, 3.8) is 0 Å². The first-order valence-electron chi connectivity index (χ1n) is 3.38. The van der Waals surface area contributed by atoms with Crippen LogP contribution in [0, 0.1) is 10.1 Å². The van der Waals surface area contributed by atoms with Crippen LogP contribution >= 0.6 is 12.4 Å². The Kier molecular flexibility index (Phi) is 4.68. The van der Waals surface area contributed by atoms with Gasteiger partial charge in [0.15, 0.2) is 0 Å². The molecule has 6 nitrogen and oxygen atoms in total. The summed E-state index contributed by atoms with van der Waals surface area (Å²) in [7, 11) is 1.42. The highest BCUT2D eigenvalue weighted by Gasteiger charge is 2.15. The molecule has 0 unspecified atom stereocenters. The Morgan fingerprint density at radius 3 is 2.57 bits per heavy atom. The minimum atomic E-state index is -0.593. The van der Waals surface area contributed by atoms with E-state index in [1.54, 1.807) is 0 Å². The third-order valence-corrected chi connectivity index (χ3v) is 1.49. The van der Waals surface area contributed by atoms with Gasteiger partial charge in [-0.2, -0.15) is 5.90 Å². The summed E-state index contributed by atoms with van der Waals surface area (Å²) in [4.78, 5) is 14.2. The Hall–Kier alpha value is -1.53. The number of nitro benzene ring substituents is 1. The summed E-state index contributed by atoms with van der Waals surface area (Å²) in [6.07, 6.45) is 0. The molecule has 0 atom stereocenters. The molecule has 14 heavy (non-hydrogen) atoms. The van der Waals surface area contributed by atoms with Crippen molar-refractivity contribution < 1.29 is 14.5 Å². The van der Waals surface area contributed by atoms with Gasteiger partial charge < -0.3 is 9.57 Å². The van der Waals surface area contributed by atoms with Crippen LogP contribution in [-0.2, 0) is 0 Å². The summed E-state index contributed by atoms with van der Waals surface area (Å²) in [5.41, 5.74) is -0.221. The first kappa shape index (κ1) is 12.5. The number of hydrogen-bond donors (Lipinski definition) is 1. The summed E-state index contributed by atoms with van der Waals surface area (Å²) >= 11 is 0. The maximum absolute atomic E-state index is 10.5. The van der Waals surface area contributed by atoms with Crippen molar-refractivity contribution in [3.8, 4) is 11.5 Å². The molecule has 0 radical (unpaired) electrons. The molecule has 0 saturated heterocycles. The predicted octanol–water partition coefficient (Wildman–Crippen LogP) is 1.28. The molecule has 0 aromatic heterocycles. The summed E-state index contributed by atoms with van der Waals surface area (Å²) in [6.45, 7) is 0. The molecule has 2 N–H and O–H groups in total. The van der Waals surface area contributed by atoms with Crippen molar-refractivity contribution in [1.29, 1.82) is 0 Å². The van der Waals surface area contributed by atoms with Crippen LogP contribution in [0.5, 0.6) is 11.5 Å². The number of nitrogens with two attached hydrogens (primary N) is 1. The lowest BCUT2D eigenvalue weighted by Gasteiger charge is -2.02. The second-order valence-electron chi connectivity index (χ2n) is 2.21. The molecule has 0 fully saturated rings. The lowest BCUT2D eigenvalue weighted by molar-refractivity contribution is -0.386. The van der Waals surface area contributed by atoms with Gasteiger partial charge >= 0.3 is 5.69 Å². The molecule has 0 spiro atoms. The van der Waals surface area contributed by atoms with Crippen LogP contribution in [-0.4, -0.2) is 12.0 Å². The van der Waals surface area contributed by atoms with E-state index in [4.69, 9.17) is 10.6 Å². The quantitative estimate of drug-likeness (QED) is 0.612. The molecule has 78 valence electrons. The summed E-state index contributed by atoms with van der Waals surface area (Å²) < 4.78 is 4.80. The molecule has 0 bridgehead atoms.